The number of likely N-dealkylation sites (N-methyl/N-ethyl adjacent to an activating group) is 1. The topological polar surface area (TPSA) is 125 Å². The van der Waals surface area contributed by atoms with Crippen LogP contribution in [0.2, 0.25) is 0 Å². The van der Waals surface area contributed by atoms with Gasteiger partial charge >= 0.3 is 0 Å². The van der Waals surface area contributed by atoms with E-state index in [2.05, 4.69) is 25.3 Å². The number of fused-ring (bicyclic) bond motifs is 1. The zero-order valence-electron chi connectivity index (χ0n) is 18.6. The number of sulfonamides is 1. The highest BCUT2D eigenvalue weighted by molar-refractivity contribution is 7.92. The van der Waals surface area contributed by atoms with Crippen LogP contribution in [0.4, 0.5) is 5.69 Å². The molecule has 2 aromatic carbocycles. The largest absolute Gasteiger partial charge is 0.374 e. The molecule has 1 unspecified atom stereocenters. The number of aromatic nitrogens is 2. The lowest BCUT2D eigenvalue weighted by atomic mass is 10.0. The van der Waals surface area contributed by atoms with E-state index in [-0.39, 0.29) is 12.5 Å². The standard InChI is InChI=1S/C22H29N5O4S/c1-22(2,23-3)21(28)26-19(14-31-13-15-8-6-5-7-9-15)20-24-17-11-10-16(12-18(17)25-20)27-32(4,29)30/h5-12,19,23,27H,13-14H2,1-4H3,(H,24,25)(H,26,28). The van der Waals surface area contributed by atoms with Gasteiger partial charge in [0.25, 0.3) is 0 Å². The Balaban J connectivity index is 1.83. The van der Waals surface area contributed by atoms with Gasteiger partial charge in [-0.3, -0.25) is 9.52 Å². The van der Waals surface area contributed by atoms with Crippen LogP contribution in [0.15, 0.2) is 48.5 Å². The van der Waals surface area contributed by atoms with Crippen LogP contribution in [0.25, 0.3) is 11.0 Å². The third-order valence-electron chi connectivity index (χ3n) is 5.03. The predicted octanol–water partition coefficient (Wildman–Crippen LogP) is 2.31. The van der Waals surface area contributed by atoms with Gasteiger partial charge in [0.2, 0.25) is 15.9 Å². The second-order valence-corrected chi connectivity index (χ2v) is 9.88. The van der Waals surface area contributed by atoms with E-state index in [1.54, 1.807) is 39.1 Å². The van der Waals surface area contributed by atoms with Crippen molar-refractivity contribution in [1.29, 1.82) is 0 Å². The normalized spacial score (nSPS) is 13.1. The molecule has 1 aromatic heterocycles. The van der Waals surface area contributed by atoms with Gasteiger partial charge in [-0.25, -0.2) is 13.4 Å². The summed E-state index contributed by atoms with van der Waals surface area (Å²) < 4.78 is 31.4. The lowest BCUT2D eigenvalue weighted by molar-refractivity contribution is -0.127. The summed E-state index contributed by atoms with van der Waals surface area (Å²) in [6.07, 6.45) is 1.09. The summed E-state index contributed by atoms with van der Waals surface area (Å²) in [5.41, 5.74) is 1.95. The molecule has 172 valence electrons. The van der Waals surface area contributed by atoms with Crippen molar-refractivity contribution in [3.63, 3.8) is 0 Å². The van der Waals surface area contributed by atoms with Gasteiger partial charge < -0.3 is 20.4 Å². The Morgan fingerprint density at radius 1 is 1.19 bits per heavy atom. The highest BCUT2D eigenvalue weighted by atomic mass is 32.2. The average molecular weight is 460 g/mol. The van der Waals surface area contributed by atoms with Crippen LogP contribution in [-0.4, -0.2) is 49.7 Å². The maximum Gasteiger partial charge on any atom is 0.240 e. The maximum absolute atomic E-state index is 12.8. The number of imidazole rings is 1. The number of amides is 1. The fourth-order valence-corrected chi connectivity index (χ4v) is 3.54. The molecular formula is C22H29N5O4S. The number of ether oxygens (including phenoxy) is 1. The van der Waals surface area contributed by atoms with Crippen LogP contribution >= 0.6 is 0 Å². The molecule has 0 saturated heterocycles. The predicted molar refractivity (Wildman–Crippen MR) is 125 cm³/mol. The summed E-state index contributed by atoms with van der Waals surface area (Å²) in [4.78, 5) is 20.6. The van der Waals surface area contributed by atoms with E-state index < -0.39 is 21.6 Å². The molecule has 0 aliphatic carbocycles. The van der Waals surface area contributed by atoms with Crippen molar-refractivity contribution in [2.24, 2.45) is 0 Å². The number of nitrogens with one attached hydrogen (secondary N) is 4. The van der Waals surface area contributed by atoms with Crippen LogP contribution in [0.3, 0.4) is 0 Å². The zero-order chi connectivity index (χ0) is 23.4. The molecular weight excluding hydrogens is 430 g/mol. The average Bonchev–Trinajstić information content (AvgIpc) is 3.15. The van der Waals surface area contributed by atoms with Crippen molar-refractivity contribution >= 4 is 32.7 Å². The second-order valence-electron chi connectivity index (χ2n) is 8.13. The SMILES string of the molecule is CNC(C)(C)C(=O)NC(COCc1ccccc1)c1nc2ccc(NS(C)(=O)=O)cc2[nH]1. The quantitative estimate of drug-likeness (QED) is 0.369. The van der Waals surface area contributed by atoms with Crippen LogP contribution in [-0.2, 0) is 26.2 Å². The number of H-pyrrole nitrogens is 1. The van der Waals surface area contributed by atoms with Gasteiger partial charge in [-0.05, 0) is 44.7 Å². The van der Waals surface area contributed by atoms with Crippen molar-refractivity contribution in [3.8, 4) is 0 Å². The van der Waals surface area contributed by atoms with E-state index in [0.717, 1.165) is 11.8 Å². The minimum atomic E-state index is -3.40. The number of nitrogens with zero attached hydrogens (tertiary/aromatic N) is 1. The Morgan fingerprint density at radius 3 is 2.56 bits per heavy atom. The fourth-order valence-electron chi connectivity index (χ4n) is 2.98. The fraction of sp³-hybridized carbons (Fsp3) is 0.364. The number of hydrogen-bond acceptors (Lipinski definition) is 6. The van der Waals surface area contributed by atoms with Gasteiger partial charge in [0.1, 0.15) is 11.9 Å². The van der Waals surface area contributed by atoms with Gasteiger partial charge in [-0.1, -0.05) is 30.3 Å². The third-order valence-corrected chi connectivity index (χ3v) is 5.63. The van der Waals surface area contributed by atoms with Crippen molar-refractivity contribution in [2.75, 3.05) is 24.6 Å². The first-order valence-corrected chi connectivity index (χ1v) is 12.1. The number of carbonyl (C=O) groups is 1. The van der Waals surface area contributed by atoms with E-state index >= 15 is 0 Å². The molecule has 0 aliphatic rings. The van der Waals surface area contributed by atoms with Gasteiger partial charge in [0.05, 0.1) is 41.7 Å². The highest BCUT2D eigenvalue weighted by Crippen LogP contribution is 2.22. The molecule has 3 rings (SSSR count). The number of benzene rings is 2. The molecule has 0 spiro atoms. The Bertz CT molecular complexity index is 1180. The maximum atomic E-state index is 12.8. The van der Waals surface area contributed by atoms with E-state index in [1.165, 1.54) is 0 Å². The second kappa shape index (κ2) is 9.68. The number of anilines is 1. The van der Waals surface area contributed by atoms with Crippen molar-refractivity contribution in [2.45, 2.75) is 32.0 Å². The van der Waals surface area contributed by atoms with Crippen molar-refractivity contribution in [1.82, 2.24) is 20.6 Å². The summed E-state index contributed by atoms with van der Waals surface area (Å²) >= 11 is 0. The first-order chi connectivity index (χ1) is 15.1. The molecule has 1 amide bonds. The molecule has 0 fully saturated rings. The Labute approximate surface area is 188 Å². The number of hydrogen-bond donors (Lipinski definition) is 4. The molecule has 0 aliphatic heterocycles. The molecule has 9 nitrogen and oxygen atoms in total. The Hall–Kier alpha value is -2.95. The molecule has 1 atom stereocenters. The molecule has 32 heavy (non-hydrogen) atoms. The van der Waals surface area contributed by atoms with E-state index in [4.69, 9.17) is 4.74 Å². The van der Waals surface area contributed by atoms with E-state index in [0.29, 0.717) is 29.2 Å². The molecule has 4 N–H and O–H groups in total. The van der Waals surface area contributed by atoms with Gasteiger partial charge in [0.15, 0.2) is 0 Å². The monoisotopic (exact) mass is 459 g/mol. The minimum absolute atomic E-state index is 0.201. The summed E-state index contributed by atoms with van der Waals surface area (Å²) in [6.45, 7) is 4.16. The first-order valence-electron chi connectivity index (χ1n) is 10.2. The molecule has 10 heteroatoms. The van der Waals surface area contributed by atoms with Crippen LogP contribution in [0.1, 0.15) is 31.3 Å². The zero-order valence-corrected chi connectivity index (χ0v) is 19.4. The van der Waals surface area contributed by atoms with Crippen LogP contribution in [0, 0.1) is 0 Å². The number of aromatic amines is 1. The smallest absolute Gasteiger partial charge is 0.240 e. The summed E-state index contributed by atoms with van der Waals surface area (Å²) in [6, 6.07) is 14.2. The first kappa shape index (κ1) is 23.7. The Morgan fingerprint density at radius 2 is 1.91 bits per heavy atom. The van der Waals surface area contributed by atoms with Gasteiger partial charge in [-0.2, -0.15) is 0 Å². The lowest BCUT2D eigenvalue weighted by Gasteiger charge is -2.26. The summed E-state index contributed by atoms with van der Waals surface area (Å²) in [5.74, 6) is 0.318. The molecule has 1 heterocycles. The highest BCUT2D eigenvalue weighted by Gasteiger charge is 2.29. The Kier molecular flexibility index (Phi) is 7.17. The number of carbonyl (C=O) groups excluding carboxylic acids is 1. The van der Waals surface area contributed by atoms with Crippen molar-refractivity contribution in [3.05, 3.63) is 59.9 Å². The van der Waals surface area contributed by atoms with Crippen LogP contribution in [0.5, 0.6) is 0 Å². The molecule has 3 aromatic rings. The third kappa shape index (κ3) is 6.28. The van der Waals surface area contributed by atoms with Crippen LogP contribution < -0.4 is 15.4 Å². The molecule has 0 bridgehead atoms. The van der Waals surface area contributed by atoms with E-state index in [1.807, 2.05) is 30.3 Å². The summed E-state index contributed by atoms with van der Waals surface area (Å²) in [5, 5.41) is 5.98. The van der Waals surface area contributed by atoms with Crippen molar-refractivity contribution < 1.29 is 17.9 Å². The van der Waals surface area contributed by atoms with E-state index in [9.17, 15) is 13.2 Å². The molecule has 0 radical (unpaired) electrons. The van der Waals surface area contributed by atoms with Gasteiger partial charge in [0, 0.05) is 0 Å². The summed E-state index contributed by atoms with van der Waals surface area (Å²) in [7, 11) is -1.68. The minimum Gasteiger partial charge on any atom is -0.374 e. The lowest BCUT2D eigenvalue weighted by Crippen LogP contribution is -2.52. The number of rotatable bonds is 10. The molecule has 0 saturated carbocycles. The van der Waals surface area contributed by atoms with Gasteiger partial charge in [-0.15, -0.1) is 0 Å².